The van der Waals surface area contributed by atoms with E-state index in [-0.39, 0.29) is 34.3 Å². The van der Waals surface area contributed by atoms with Crippen molar-refractivity contribution in [2.24, 2.45) is 25.2 Å². The van der Waals surface area contributed by atoms with Crippen LogP contribution in [0.1, 0.15) is 19.4 Å². The van der Waals surface area contributed by atoms with Gasteiger partial charge in [0.2, 0.25) is 0 Å². The molecule has 0 unspecified atom stereocenters. The number of sulfonamides is 1. The summed E-state index contributed by atoms with van der Waals surface area (Å²) >= 11 is 0. The van der Waals surface area contributed by atoms with Crippen molar-refractivity contribution in [1.29, 1.82) is 0 Å². The van der Waals surface area contributed by atoms with Crippen molar-refractivity contribution in [3.8, 4) is 11.5 Å². The number of hydrogen-bond donors (Lipinski definition) is 1. The first-order valence-electron chi connectivity index (χ1n) is 11.7. The van der Waals surface area contributed by atoms with Gasteiger partial charge in [0.15, 0.2) is 16.5 Å². The first-order chi connectivity index (χ1) is 17.5. The van der Waals surface area contributed by atoms with Crippen molar-refractivity contribution in [1.82, 2.24) is 28.5 Å². The molecule has 37 heavy (non-hydrogen) atoms. The quantitative estimate of drug-likeness (QED) is 0.361. The molecule has 0 spiro atoms. The Bertz CT molecular complexity index is 1900. The smallest absolute Gasteiger partial charge is 0.331 e. The van der Waals surface area contributed by atoms with Gasteiger partial charge in [-0.05, 0) is 22.3 Å². The van der Waals surface area contributed by atoms with E-state index < -0.39 is 21.3 Å². The number of nitrogens with two attached hydrogens (primary N) is 1. The third-order valence-electron chi connectivity index (χ3n) is 6.33. The molecular formula is C25H27N7O4S. The highest BCUT2D eigenvalue weighted by atomic mass is 32.2. The van der Waals surface area contributed by atoms with Gasteiger partial charge in [-0.1, -0.05) is 56.3 Å². The van der Waals surface area contributed by atoms with Crippen LogP contribution in [0.4, 0.5) is 0 Å². The second-order valence-electron chi connectivity index (χ2n) is 9.55. The zero-order valence-electron chi connectivity index (χ0n) is 20.9. The summed E-state index contributed by atoms with van der Waals surface area (Å²) in [6.07, 6.45) is 1.29. The Morgan fingerprint density at radius 3 is 2.41 bits per heavy atom. The number of primary sulfonamides is 1. The highest BCUT2D eigenvalue weighted by molar-refractivity contribution is 7.89. The van der Waals surface area contributed by atoms with E-state index in [1.807, 2.05) is 56.3 Å². The number of rotatable bonds is 6. The van der Waals surface area contributed by atoms with Crippen LogP contribution in [0.5, 0.6) is 0 Å². The summed E-state index contributed by atoms with van der Waals surface area (Å²) < 4.78 is 29.8. The lowest BCUT2D eigenvalue weighted by molar-refractivity contribution is 0.498. The third-order valence-corrected chi connectivity index (χ3v) is 7.11. The highest BCUT2D eigenvalue weighted by Crippen LogP contribution is 2.29. The molecule has 0 fully saturated rings. The molecule has 2 aromatic carbocycles. The monoisotopic (exact) mass is 521 g/mol. The molecule has 12 heteroatoms. The number of imidazole rings is 1. The Hall–Kier alpha value is -4.03. The van der Waals surface area contributed by atoms with Crippen LogP contribution in [0.3, 0.4) is 0 Å². The number of fused-ring (bicyclic) bond motifs is 2. The molecule has 0 aliphatic carbocycles. The van der Waals surface area contributed by atoms with Crippen LogP contribution >= 0.6 is 0 Å². The van der Waals surface area contributed by atoms with Gasteiger partial charge in [-0.3, -0.25) is 18.6 Å². The minimum absolute atomic E-state index is 0.104. The van der Waals surface area contributed by atoms with Crippen LogP contribution in [0.2, 0.25) is 0 Å². The maximum absolute atomic E-state index is 13.5. The van der Waals surface area contributed by atoms with Crippen molar-refractivity contribution in [2.75, 3.05) is 0 Å². The summed E-state index contributed by atoms with van der Waals surface area (Å²) in [6.45, 7) is 4.53. The van der Waals surface area contributed by atoms with Gasteiger partial charge in [-0.25, -0.2) is 23.3 Å². The molecule has 0 atom stereocenters. The van der Waals surface area contributed by atoms with E-state index in [0.717, 1.165) is 20.9 Å². The lowest BCUT2D eigenvalue weighted by Gasteiger charge is -2.11. The maximum atomic E-state index is 13.5. The van der Waals surface area contributed by atoms with Gasteiger partial charge in [-0.15, -0.1) is 0 Å². The molecule has 0 aliphatic rings. The zero-order chi connectivity index (χ0) is 26.6. The van der Waals surface area contributed by atoms with Crippen LogP contribution in [-0.2, 0) is 37.2 Å². The molecule has 3 aromatic heterocycles. The standard InChI is InChI=1S/C25H27N7O4S/c1-15(2)12-31-22-20(24(33)30(4)25(31)34)21(23-27-19(14-29(23)3)37(26,35)36)32(28-22)13-17-10-7-9-16-8-5-6-11-18(16)17/h5-11,14-15H,12-13H2,1-4H3,(H2,26,35,36). The van der Waals surface area contributed by atoms with Gasteiger partial charge in [-0.2, -0.15) is 5.10 Å². The van der Waals surface area contributed by atoms with E-state index in [4.69, 9.17) is 10.2 Å². The van der Waals surface area contributed by atoms with E-state index in [1.165, 1.54) is 22.4 Å². The Morgan fingerprint density at radius 2 is 1.73 bits per heavy atom. The maximum Gasteiger partial charge on any atom is 0.332 e. The Morgan fingerprint density at radius 1 is 1.03 bits per heavy atom. The third kappa shape index (κ3) is 4.17. The molecule has 2 N–H and O–H groups in total. The first kappa shape index (κ1) is 24.7. The summed E-state index contributed by atoms with van der Waals surface area (Å²) in [4.78, 5) is 30.9. The van der Waals surface area contributed by atoms with Crippen molar-refractivity contribution in [3.05, 3.63) is 75.1 Å². The predicted molar refractivity (Wildman–Crippen MR) is 141 cm³/mol. The van der Waals surface area contributed by atoms with Crippen molar-refractivity contribution >= 4 is 31.8 Å². The van der Waals surface area contributed by atoms with Crippen molar-refractivity contribution in [2.45, 2.75) is 32.0 Å². The van der Waals surface area contributed by atoms with Gasteiger partial charge in [0.25, 0.3) is 15.6 Å². The second-order valence-corrected chi connectivity index (χ2v) is 11.1. The van der Waals surface area contributed by atoms with E-state index >= 15 is 0 Å². The molecule has 0 aliphatic heterocycles. The van der Waals surface area contributed by atoms with Gasteiger partial charge in [0.1, 0.15) is 11.1 Å². The number of nitrogens with zero attached hydrogens (tertiary/aromatic N) is 6. The van der Waals surface area contributed by atoms with Crippen LogP contribution < -0.4 is 16.4 Å². The molecule has 0 amide bonds. The van der Waals surface area contributed by atoms with E-state index in [9.17, 15) is 18.0 Å². The average Bonchev–Trinajstić information content (AvgIpc) is 3.41. The van der Waals surface area contributed by atoms with Crippen LogP contribution in [0.25, 0.3) is 33.3 Å². The van der Waals surface area contributed by atoms with E-state index in [0.29, 0.717) is 12.2 Å². The molecule has 0 saturated carbocycles. The fraction of sp³-hybridized carbons (Fsp3) is 0.280. The topological polar surface area (TPSA) is 140 Å². The molecule has 3 heterocycles. The minimum Gasteiger partial charge on any atom is -0.331 e. The zero-order valence-corrected chi connectivity index (χ0v) is 21.7. The van der Waals surface area contributed by atoms with Crippen molar-refractivity contribution in [3.63, 3.8) is 0 Å². The fourth-order valence-electron chi connectivity index (χ4n) is 4.62. The highest BCUT2D eigenvalue weighted by Gasteiger charge is 2.27. The Balaban J connectivity index is 1.88. The largest absolute Gasteiger partial charge is 0.332 e. The SMILES string of the molecule is CC(C)Cn1c(=O)n(C)c(=O)c2c(-c3nc(S(N)(=O)=O)cn3C)n(Cc3cccc4ccccc34)nc21. The van der Waals surface area contributed by atoms with E-state index in [1.54, 1.807) is 11.7 Å². The lowest BCUT2D eigenvalue weighted by Crippen LogP contribution is -2.38. The molecule has 11 nitrogen and oxygen atoms in total. The molecule has 0 saturated heterocycles. The number of aromatic nitrogens is 6. The number of hydrogen-bond acceptors (Lipinski definition) is 6. The predicted octanol–water partition coefficient (Wildman–Crippen LogP) is 1.80. The Kier molecular flexibility index (Phi) is 5.88. The van der Waals surface area contributed by atoms with Crippen LogP contribution in [0, 0.1) is 5.92 Å². The average molecular weight is 522 g/mol. The summed E-state index contributed by atoms with van der Waals surface area (Å²) in [5, 5.41) is 12.0. The molecular weight excluding hydrogens is 494 g/mol. The van der Waals surface area contributed by atoms with Crippen LogP contribution in [0.15, 0.2) is 63.3 Å². The Labute approximate surface area is 212 Å². The molecule has 5 rings (SSSR count). The minimum atomic E-state index is -4.10. The lowest BCUT2D eigenvalue weighted by atomic mass is 10.0. The molecule has 5 aromatic rings. The van der Waals surface area contributed by atoms with Gasteiger partial charge in [0, 0.05) is 26.8 Å². The number of aryl methyl sites for hydroxylation is 1. The van der Waals surface area contributed by atoms with Crippen LogP contribution in [-0.4, -0.2) is 36.9 Å². The summed E-state index contributed by atoms with van der Waals surface area (Å²) in [6, 6.07) is 13.8. The molecule has 0 radical (unpaired) electrons. The first-order valence-corrected chi connectivity index (χ1v) is 13.3. The normalized spacial score (nSPS) is 12.3. The second kappa shape index (κ2) is 8.82. The molecule has 0 bridgehead atoms. The van der Waals surface area contributed by atoms with Gasteiger partial charge in [0.05, 0.1) is 6.54 Å². The summed E-state index contributed by atoms with van der Waals surface area (Å²) in [5.74, 6) is 0.297. The number of benzene rings is 2. The van der Waals surface area contributed by atoms with Crippen molar-refractivity contribution < 1.29 is 8.42 Å². The van der Waals surface area contributed by atoms with Gasteiger partial charge >= 0.3 is 5.69 Å². The van der Waals surface area contributed by atoms with Gasteiger partial charge < -0.3 is 4.57 Å². The summed E-state index contributed by atoms with van der Waals surface area (Å²) in [7, 11) is -1.06. The summed E-state index contributed by atoms with van der Waals surface area (Å²) in [5.41, 5.74) is 0.440. The van der Waals surface area contributed by atoms with E-state index in [2.05, 4.69) is 4.98 Å². The fourth-order valence-corrected chi connectivity index (χ4v) is 5.14. The molecule has 192 valence electrons.